The molecule has 3 heterocycles. The molecule has 2 fully saturated rings. The lowest BCUT2D eigenvalue weighted by atomic mass is 9.80. The molecule has 3 aliphatic heterocycles. The molecule has 0 aliphatic carbocycles. The average molecular weight is 279 g/mol. The van der Waals surface area contributed by atoms with Crippen molar-refractivity contribution in [2.75, 3.05) is 13.2 Å². The lowest BCUT2D eigenvalue weighted by Crippen LogP contribution is -2.54. The summed E-state index contributed by atoms with van der Waals surface area (Å²) in [7, 11) is 0. The van der Waals surface area contributed by atoms with Gasteiger partial charge in [-0.25, -0.2) is 4.79 Å². The molecule has 2 unspecified atom stereocenters. The van der Waals surface area contributed by atoms with E-state index in [9.17, 15) is 4.79 Å². The van der Waals surface area contributed by atoms with E-state index >= 15 is 0 Å². The molecule has 2 saturated heterocycles. The summed E-state index contributed by atoms with van der Waals surface area (Å²) in [5.74, 6) is 0.596. The van der Waals surface area contributed by atoms with E-state index in [0.29, 0.717) is 12.0 Å². The Bertz CT molecular complexity index is 420. The van der Waals surface area contributed by atoms with Crippen LogP contribution in [-0.4, -0.2) is 41.9 Å². The average Bonchev–Trinajstić information content (AvgIpc) is 2.22. The van der Waals surface area contributed by atoms with Gasteiger partial charge in [-0.05, 0) is 46.5 Å². The second kappa shape index (κ2) is 5.06. The molecule has 112 valence electrons. The van der Waals surface area contributed by atoms with Crippen molar-refractivity contribution in [2.45, 2.75) is 64.1 Å². The number of nitrogens with zero attached hydrogens (tertiary/aromatic N) is 1. The summed E-state index contributed by atoms with van der Waals surface area (Å²) < 4.78 is 10.9. The van der Waals surface area contributed by atoms with E-state index in [1.54, 1.807) is 0 Å². The second-order valence-electron chi connectivity index (χ2n) is 7.22. The van der Waals surface area contributed by atoms with Crippen LogP contribution in [0.15, 0.2) is 11.6 Å². The number of ether oxygens (including phenoxy) is 2. The number of carbonyl (C=O) groups excluding carboxylic acids is 1. The van der Waals surface area contributed by atoms with Gasteiger partial charge in [0.05, 0.1) is 19.3 Å². The summed E-state index contributed by atoms with van der Waals surface area (Å²) in [5, 5.41) is 0. The summed E-state index contributed by atoms with van der Waals surface area (Å²) in [4.78, 5) is 14.4. The smallest absolute Gasteiger partial charge is 0.411 e. The molecule has 0 aromatic heterocycles. The highest BCUT2D eigenvalue weighted by Crippen LogP contribution is 2.38. The quantitative estimate of drug-likeness (QED) is 0.692. The maximum Gasteiger partial charge on any atom is 0.411 e. The first kappa shape index (κ1) is 13.9. The summed E-state index contributed by atoms with van der Waals surface area (Å²) in [6.07, 6.45) is 6.54. The van der Waals surface area contributed by atoms with Crippen LogP contribution in [0.1, 0.15) is 46.5 Å². The zero-order valence-corrected chi connectivity index (χ0v) is 12.7. The first-order valence-electron chi connectivity index (χ1n) is 7.74. The summed E-state index contributed by atoms with van der Waals surface area (Å²) >= 11 is 0. The summed E-state index contributed by atoms with van der Waals surface area (Å²) in [6, 6.07) is 0.553. The lowest BCUT2D eigenvalue weighted by molar-refractivity contribution is -0.0255. The van der Waals surface area contributed by atoms with Crippen molar-refractivity contribution in [3.05, 3.63) is 11.6 Å². The van der Waals surface area contributed by atoms with Gasteiger partial charge in [-0.2, -0.15) is 0 Å². The Morgan fingerprint density at radius 1 is 1.35 bits per heavy atom. The summed E-state index contributed by atoms with van der Waals surface area (Å²) in [5.41, 5.74) is 1.09. The molecule has 3 rings (SSSR count). The van der Waals surface area contributed by atoms with Crippen molar-refractivity contribution in [3.8, 4) is 0 Å². The number of hydrogen-bond acceptors (Lipinski definition) is 3. The van der Waals surface area contributed by atoms with E-state index in [1.807, 2.05) is 25.7 Å². The van der Waals surface area contributed by atoms with Crippen LogP contribution in [-0.2, 0) is 9.47 Å². The van der Waals surface area contributed by atoms with Crippen LogP contribution in [0.4, 0.5) is 4.79 Å². The van der Waals surface area contributed by atoms with Gasteiger partial charge >= 0.3 is 6.09 Å². The predicted octanol–water partition coefficient (Wildman–Crippen LogP) is 3.12. The van der Waals surface area contributed by atoms with Gasteiger partial charge in [0, 0.05) is 12.0 Å². The number of fused-ring (bicyclic) bond motifs is 2. The third-order valence-corrected chi connectivity index (χ3v) is 4.43. The zero-order valence-electron chi connectivity index (χ0n) is 12.7. The van der Waals surface area contributed by atoms with Crippen molar-refractivity contribution in [3.63, 3.8) is 0 Å². The fourth-order valence-corrected chi connectivity index (χ4v) is 3.41. The molecule has 20 heavy (non-hydrogen) atoms. The standard InChI is InChI=1S/C16H25NO3/c1-16(2,3)20-15(18)17-13-5-4-6-14(17)8-11(7-13)12-9-19-10-12/h7,12-14H,4-6,8-10H2,1-3H3. The minimum Gasteiger partial charge on any atom is -0.444 e. The Kier molecular flexibility index (Phi) is 3.53. The predicted molar refractivity (Wildman–Crippen MR) is 76.5 cm³/mol. The van der Waals surface area contributed by atoms with E-state index < -0.39 is 5.60 Å². The third-order valence-electron chi connectivity index (χ3n) is 4.43. The molecule has 1 amide bonds. The van der Waals surface area contributed by atoms with Gasteiger partial charge in [-0.15, -0.1) is 0 Å². The largest absolute Gasteiger partial charge is 0.444 e. The van der Waals surface area contributed by atoms with Gasteiger partial charge < -0.3 is 9.47 Å². The van der Waals surface area contributed by atoms with Gasteiger partial charge in [0.25, 0.3) is 0 Å². The highest BCUT2D eigenvalue weighted by molar-refractivity contribution is 5.70. The normalized spacial score (nSPS) is 30.6. The van der Waals surface area contributed by atoms with Gasteiger partial charge in [0.2, 0.25) is 0 Å². The van der Waals surface area contributed by atoms with E-state index in [-0.39, 0.29) is 12.1 Å². The van der Waals surface area contributed by atoms with Crippen LogP contribution in [0.2, 0.25) is 0 Å². The zero-order chi connectivity index (χ0) is 14.3. The van der Waals surface area contributed by atoms with E-state index in [2.05, 4.69) is 6.08 Å². The summed E-state index contributed by atoms with van der Waals surface area (Å²) in [6.45, 7) is 7.50. The van der Waals surface area contributed by atoms with Crippen molar-refractivity contribution in [1.82, 2.24) is 4.90 Å². The Morgan fingerprint density at radius 2 is 2.10 bits per heavy atom. The topological polar surface area (TPSA) is 38.8 Å². The molecule has 0 radical (unpaired) electrons. The van der Waals surface area contributed by atoms with Crippen molar-refractivity contribution >= 4 is 6.09 Å². The fraction of sp³-hybridized carbons (Fsp3) is 0.812. The third kappa shape index (κ3) is 2.71. The Morgan fingerprint density at radius 3 is 2.65 bits per heavy atom. The lowest BCUT2D eigenvalue weighted by Gasteiger charge is -2.46. The highest BCUT2D eigenvalue weighted by atomic mass is 16.6. The van der Waals surface area contributed by atoms with Crippen molar-refractivity contribution < 1.29 is 14.3 Å². The monoisotopic (exact) mass is 279 g/mol. The molecular weight excluding hydrogens is 254 g/mol. The van der Waals surface area contributed by atoms with Crippen molar-refractivity contribution in [2.24, 2.45) is 5.92 Å². The van der Waals surface area contributed by atoms with Crippen LogP contribution in [0.3, 0.4) is 0 Å². The fourth-order valence-electron chi connectivity index (χ4n) is 3.41. The molecule has 0 saturated carbocycles. The van der Waals surface area contributed by atoms with Crippen LogP contribution in [0, 0.1) is 5.92 Å². The minimum absolute atomic E-state index is 0.146. The molecule has 2 atom stereocenters. The SMILES string of the molecule is CC(C)(C)OC(=O)N1C2C=C(C3COC3)CC1CCC2. The second-order valence-corrected chi connectivity index (χ2v) is 7.22. The van der Waals surface area contributed by atoms with Gasteiger partial charge in [-0.3, -0.25) is 4.90 Å². The molecule has 0 N–H and O–H groups in total. The minimum atomic E-state index is -0.419. The number of carbonyl (C=O) groups is 1. The van der Waals surface area contributed by atoms with Gasteiger partial charge in [0.1, 0.15) is 5.60 Å². The molecule has 4 heteroatoms. The first-order valence-corrected chi connectivity index (χ1v) is 7.74. The molecule has 4 nitrogen and oxygen atoms in total. The van der Waals surface area contributed by atoms with E-state index in [4.69, 9.17) is 9.47 Å². The Balaban J connectivity index is 1.75. The highest BCUT2D eigenvalue weighted by Gasteiger charge is 2.41. The van der Waals surface area contributed by atoms with Crippen LogP contribution in [0.5, 0.6) is 0 Å². The first-order chi connectivity index (χ1) is 9.44. The van der Waals surface area contributed by atoms with Gasteiger partial charge in [-0.1, -0.05) is 11.6 Å². The van der Waals surface area contributed by atoms with Crippen LogP contribution >= 0.6 is 0 Å². The number of amides is 1. The Labute approximate surface area is 121 Å². The molecule has 2 bridgehead atoms. The Hall–Kier alpha value is -1.03. The molecule has 0 aromatic rings. The van der Waals surface area contributed by atoms with Crippen LogP contribution in [0.25, 0.3) is 0 Å². The van der Waals surface area contributed by atoms with E-state index in [0.717, 1.165) is 32.5 Å². The number of piperidine rings is 1. The van der Waals surface area contributed by atoms with Gasteiger partial charge in [0.15, 0.2) is 0 Å². The molecule has 0 aromatic carbocycles. The maximum absolute atomic E-state index is 12.4. The number of hydrogen-bond donors (Lipinski definition) is 0. The molecular formula is C16H25NO3. The van der Waals surface area contributed by atoms with Crippen LogP contribution < -0.4 is 0 Å². The number of rotatable bonds is 1. The maximum atomic E-state index is 12.4. The van der Waals surface area contributed by atoms with E-state index in [1.165, 1.54) is 12.0 Å². The van der Waals surface area contributed by atoms with Crippen molar-refractivity contribution in [1.29, 1.82) is 0 Å². The molecule has 3 aliphatic rings. The molecule has 0 spiro atoms.